The van der Waals surface area contributed by atoms with Gasteiger partial charge in [0.1, 0.15) is 5.82 Å². The summed E-state index contributed by atoms with van der Waals surface area (Å²) >= 11 is 0. The van der Waals surface area contributed by atoms with E-state index in [0.29, 0.717) is 37.4 Å². The van der Waals surface area contributed by atoms with Gasteiger partial charge in [-0.15, -0.1) is 0 Å². The molecule has 1 aliphatic rings. The first kappa shape index (κ1) is 28.8. The first-order valence-corrected chi connectivity index (χ1v) is 12.7. The van der Waals surface area contributed by atoms with Gasteiger partial charge in [-0.2, -0.15) is 0 Å². The van der Waals surface area contributed by atoms with Crippen LogP contribution in [0.1, 0.15) is 31.7 Å². The van der Waals surface area contributed by atoms with Crippen LogP contribution in [0.2, 0.25) is 0 Å². The minimum atomic E-state index is -0.751. The van der Waals surface area contributed by atoms with Gasteiger partial charge in [0.2, 0.25) is 11.8 Å². The number of nitrogen functional groups attached to an aromatic ring is 1. The number of ether oxygens (including phenoxy) is 3. The molecule has 2 heterocycles. The van der Waals surface area contributed by atoms with Crippen molar-refractivity contribution in [3.05, 3.63) is 44.6 Å². The third-order valence-electron chi connectivity index (χ3n) is 6.69. The number of unbranched alkanes of at least 4 members (excludes halogenated alkanes) is 1. The van der Waals surface area contributed by atoms with Crippen LogP contribution in [0.4, 0.5) is 11.5 Å². The van der Waals surface area contributed by atoms with E-state index < -0.39 is 23.1 Å². The number of aromatic nitrogens is 2. The summed E-state index contributed by atoms with van der Waals surface area (Å²) < 4.78 is 17.0. The monoisotopic (exact) mass is 531 g/mol. The topological polar surface area (TPSA) is 149 Å². The quantitative estimate of drug-likeness (QED) is 0.389. The lowest BCUT2D eigenvalue weighted by Gasteiger charge is -2.26. The number of hydrogen-bond acceptors (Lipinski definition) is 8. The summed E-state index contributed by atoms with van der Waals surface area (Å²) in [6.45, 7) is 3.09. The molecule has 2 amide bonds. The zero-order valence-corrected chi connectivity index (χ0v) is 22.5. The summed E-state index contributed by atoms with van der Waals surface area (Å²) in [5, 5.41) is 0. The summed E-state index contributed by atoms with van der Waals surface area (Å²) in [6.07, 6.45) is 2.07. The van der Waals surface area contributed by atoms with Crippen molar-refractivity contribution >= 4 is 23.3 Å². The van der Waals surface area contributed by atoms with Crippen LogP contribution in [-0.2, 0) is 27.3 Å². The van der Waals surface area contributed by atoms with E-state index in [1.807, 2.05) is 25.1 Å². The SMILES string of the molecule is CCCCn1c(N)c(N(CCOC)C(=O)[C@@H]2CC(=O)N(CCc3ccc(OC)c(OC)c3)C2)c(=O)[nH]c1=O. The Balaban J connectivity index is 1.80. The minimum Gasteiger partial charge on any atom is -0.493 e. The predicted octanol–water partition coefficient (Wildman–Crippen LogP) is 1.01. The lowest BCUT2D eigenvalue weighted by atomic mass is 10.1. The van der Waals surface area contributed by atoms with Crippen molar-refractivity contribution in [2.24, 2.45) is 5.92 Å². The van der Waals surface area contributed by atoms with Crippen molar-refractivity contribution in [1.82, 2.24) is 14.5 Å². The number of nitrogens with two attached hydrogens (primary N) is 1. The molecule has 3 rings (SSSR count). The van der Waals surface area contributed by atoms with Gasteiger partial charge in [-0.05, 0) is 30.5 Å². The van der Waals surface area contributed by atoms with Crippen LogP contribution in [0.15, 0.2) is 27.8 Å². The van der Waals surface area contributed by atoms with Crippen molar-refractivity contribution in [3.8, 4) is 11.5 Å². The molecule has 0 spiro atoms. The number of likely N-dealkylation sites (tertiary alicyclic amines) is 1. The number of nitrogens with one attached hydrogen (secondary N) is 1. The number of nitrogens with zero attached hydrogens (tertiary/aromatic N) is 3. The first-order chi connectivity index (χ1) is 18.2. The molecule has 208 valence electrons. The molecule has 12 nitrogen and oxygen atoms in total. The highest BCUT2D eigenvalue weighted by atomic mass is 16.5. The van der Waals surface area contributed by atoms with Crippen LogP contribution in [-0.4, -0.2) is 73.8 Å². The number of anilines is 2. The zero-order chi connectivity index (χ0) is 27.8. The van der Waals surface area contributed by atoms with Gasteiger partial charge in [-0.3, -0.25) is 23.9 Å². The highest BCUT2D eigenvalue weighted by molar-refractivity contribution is 6.00. The lowest BCUT2D eigenvalue weighted by molar-refractivity contribution is -0.128. The van der Waals surface area contributed by atoms with Crippen LogP contribution in [0.25, 0.3) is 0 Å². The molecule has 1 atom stereocenters. The molecule has 0 saturated carbocycles. The van der Waals surface area contributed by atoms with Gasteiger partial charge in [0.05, 0.1) is 26.7 Å². The van der Waals surface area contributed by atoms with E-state index in [2.05, 4.69) is 4.98 Å². The molecule has 3 N–H and O–H groups in total. The van der Waals surface area contributed by atoms with Crippen LogP contribution in [0, 0.1) is 5.92 Å². The highest BCUT2D eigenvalue weighted by Gasteiger charge is 2.38. The number of rotatable bonds is 13. The average Bonchev–Trinajstić information content (AvgIpc) is 3.28. The number of aromatic amines is 1. The van der Waals surface area contributed by atoms with Crippen molar-refractivity contribution in [1.29, 1.82) is 0 Å². The summed E-state index contributed by atoms with van der Waals surface area (Å²) in [4.78, 5) is 56.8. The Bertz CT molecular complexity index is 1260. The number of methoxy groups -OCH3 is 3. The van der Waals surface area contributed by atoms with E-state index >= 15 is 0 Å². The van der Waals surface area contributed by atoms with E-state index in [-0.39, 0.29) is 43.5 Å². The van der Waals surface area contributed by atoms with Gasteiger partial charge >= 0.3 is 5.69 Å². The van der Waals surface area contributed by atoms with Crippen molar-refractivity contribution < 1.29 is 23.8 Å². The van der Waals surface area contributed by atoms with Gasteiger partial charge in [0.15, 0.2) is 17.2 Å². The number of hydrogen-bond donors (Lipinski definition) is 2. The maximum absolute atomic E-state index is 13.7. The highest BCUT2D eigenvalue weighted by Crippen LogP contribution is 2.29. The normalized spacial score (nSPS) is 15.1. The van der Waals surface area contributed by atoms with Crippen LogP contribution < -0.4 is 31.4 Å². The zero-order valence-electron chi connectivity index (χ0n) is 22.5. The van der Waals surface area contributed by atoms with Gasteiger partial charge in [0, 0.05) is 39.7 Å². The molecule has 1 aromatic carbocycles. The predicted molar refractivity (Wildman–Crippen MR) is 143 cm³/mol. The maximum Gasteiger partial charge on any atom is 0.330 e. The summed E-state index contributed by atoms with van der Waals surface area (Å²) in [6, 6.07) is 5.57. The number of benzene rings is 1. The Morgan fingerprint density at radius 3 is 2.53 bits per heavy atom. The molecule has 1 saturated heterocycles. The fourth-order valence-corrected chi connectivity index (χ4v) is 4.57. The standard InChI is InChI=1S/C26H37N5O7/c1-5-6-10-31-23(27)22(24(33)28-26(31)35)30(12-13-36-2)25(34)18-15-21(32)29(16-18)11-9-17-7-8-19(37-3)20(14-17)38-4/h7-8,14,18H,5-6,9-13,15-16,27H2,1-4H3,(H,28,33,35)/t18-/m1/s1. The molecule has 0 bridgehead atoms. The Morgan fingerprint density at radius 2 is 1.87 bits per heavy atom. The second kappa shape index (κ2) is 13.1. The molecule has 2 aromatic rings. The molecule has 0 aliphatic carbocycles. The third kappa shape index (κ3) is 6.36. The Labute approximate surface area is 221 Å². The molecule has 12 heteroatoms. The summed E-state index contributed by atoms with van der Waals surface area (Å²) in [7, 11) is 4.60. The summed E-state index contributed by atoms with van der Waals surface area (Å²) in [5.74, 6) is -0.0913. The molecule has 0 radical (unpaired) electrons. The number of amides is 2. The molecule has 1 fully saturated rings. The second-order valence-electron chi connectivity index (χ2n) is 9.16. The lowest BCUT2D eigenvalue weighted by Crippen LogP contribution is -2.45. The van der Waals surface area contributed by atoms with Crippen molar-refractivity contribution in [2.45, 2.75) is 39.2 Å². The molecular formula is C26H37N5O7. The molecule has 38 heavy (non-hydrogen) atoms. The minimum absolute atomic E-state index is 0.0154. The number of carbonyl (C=O) groups excluding carboxylic acids is 2. The third-order valence-corrected chi connectivity index (χ3v) is 6.69. The van der Waals surface area contributed by atoms with E-state index in [4.69, 9.17) is 19.9 Å². The Morgan fingerprint density at radius 1 is 1.13 bits per heavy atom. The van der Waals surface area contributed by atoms with E-state index in [1.54, 1.807) is 19.1 Å². The van der Waals surface area contributed by atoms with E-state index in [1.165, 1.54) is 16.6 Å². The Kier molecular flexibility index (Phi) is 9.94. The van der Waals surface area contributed by atoms with E-state index in [0.717, 1.165) is 12.0 Å². The number of H-pyrrole nitrogens is 1. The second-order valence-corrected chi connectivity index (χ2v) is 9.16. The van der Waals surface area contributed by atoms with Crippen LogP contribution in [0.3, 0.4) is 0 Å². The molecule has 0 unspecified atom stereocenters. The van der Waals surface area contributed by atoms with Crippen LogP contribution in [0.5, 0.6) is 11.5 Å². The Hall–Kier alpha value is -3.80. The maximum atomic E-state index is 13.7. The molecule has 1 aliphatic heterocycles. The number of carbonyl (C=O) groups is 2. The van der Waals surface area contributed by atoms with E-state index in [9.17, 15) is 19.2 Å². The molecule has 1 aromatic heterocycles. The van der Waals surface area contributed by atoms with Gasteiger partial charge in [-0.25, -0.2) is 4.79 Å². The summed E-state index contributed by atoms with van der Waals surface area (Å²) in [5.41, 5.74) is 5.74. The van der Waals surface area contributed by atoms with Gasteiger partial charge in [-0.1, -0.05) is 19.4 Å². The van der Waals surface area contributed by atoms with Gasteiger partial charge < -0.3 is 29.7 Å². The first-order valence-electron chi connectivity index (χ1n) is 12.7. The smallest absolute Gasteiger partial charge is 0.330 e. The largest absolute Gasteiger partial charge is 0.493 e. The fraction of sp³-hybridized carbons (Fsp3) is 0.538. The van der Waals surface area contributed by atoms with Gasteiger partial charge in [0.25, 0.3) is 5.56 Å². The average molecular weight is 532 g/mol. The van der Waals surface area contributed by atoms with Crippen molar-refractivity contribution in [2.75, 3.05) is 58.2 Å². The van der Waals surface area contributed by atoms with Crippen molar-refractivity contribution in [3.63, 3.8) is 0 Å². The molecular weight excluding hydrogens is 494 g/mol. The fourth-order valence-electron chi connectivity index (χ4n) is 4.57. The van der Waals surface area contributed by atoms with Crippen LogP contribution >= 0.6 is 0 Å².